The average Bonchev–Trinajstić information content (AvgIpc) is 2.68. The van der Waals surface area contributed by atoms with Gasteiger partial charge in [0, 0.05) is 26.5 Å². The number of aromatic nitrogens is 1. The number of nitrogens with zero attached hydrogens (tertiary/aromatic N) is 1. The molecule has 2 N–H and O–H groups in total. The topological polar surface area (TPSA) is 88.5 Å². The van der Waals surface area contributed by atoms with Gasteiger partial charge in [-0.1, -0.05) is 42.4 Å². The molecule has 0 radical (unpaired) electrons. The fourth-order valence-corrected chi connectivity index (χ4v) is 3.03. The molecule has 3 aromatic rings. The Morgan fingerprint density at radius 1 is 1.21 bits per heavy atom. The van der Waals surface area contributed by atoms with Gasteiger partial charge in [0.1, 0.15) is 18.1 Å². The number of amides is 1. The highest BCUT2D eigenvalue weighted by molar-refractivity contribution is 9.10. The first kappa shape index (κ1) is 19.9. The maximum atomic E-state index is 12.6. The van der Waals surface area contributed by atoms with Crippen LogP contribution in [-0.2, 0) is 11.4 Å². The molecule has 0 atom stereocenters. The van der Waals surface area contributed by atoms with Crippen LogP contribution in [0.3, 0.4) is 0 Å². The van der Waals surface area contributed by atoms with Crippen molar-refractivity contribution in [3.8, 4) is 5.75 Å². The van der Waals surface area contributed by atoms with Gasteiger partial charge in [0.2, 0.25) is 0 Å². The highest BCUT2D eigenvalue weighted by Crippen LogP contribution is 2.35. The van der Waals surface area contributed by atoms with Crippen molar-refractivity contribution >= 4 is 50.2 Å². The van der Waals surface area contributed by atoms with E-state index in [9.17, 15) is 9.59 Å². The first-order valence-corrected chi connectivity index (χ1v) is 9.22. The number of halogens is 2. The molecule has 0 aliphatic heterocycles. The van der Waals surface area contributed by atoms with Crippen LogP contribution in [0.1, 0.15) is 16.1 Å². The Labute approximate surface area is 173 Å². The number of benzene rings is 2. The number of carboxylic acid groups (broad SMARTS) is 1. The highest BCUT2D eigenvalue weighted by Gasteiger charge is 2.20. The molecule has 0 aliphatic carbocycles. The van der Waals surface area contributed by atoms with Gasteiger partial charge in [-0.15, -0.1) is 0 Å². The zero-order chi connectivity index (χ0) is 20.3. The van der Waals surface area contributed by atoms with Crippen LogP contribution in [0.4, 0.5) is 0 Å². The number of fused-ring (bicyclic) bond motifs is 1. The van der Waals surface area contributed by atoms with Gasteiger partial charge in [-0.25, -0.2) is 4.79 Å². The molecule has 142 valence electrons. The number of carbonyl (C=O) groups is 2. The third-order valence-electron chi connectivity index (χ3n) is 3.86. The van der Waals surface area contributed by atoms with Crippen LogP contribution < -0.4 is 10.1 Å². The molecule has 2 aromatic carbocycles. The Balaban J connectivity index is 2.02. The Kier molecular flexibility index (Phi) is 5.96. The van der Waals surface area contributed by atoms with Crippen LogP contribution in [0.5, 0.6) is 5.75 Å². The minimum Gasteiger partial charge on any atom is -0.486 e. The quantitative estimate of drug-likeness (QED) is 0.526. The molecule has 1 heterocycles. The summed E-state index contributed by atoms with van der Waals surface area (Å²) in [6.45, 7) is 3.43. The maximum Gasteiger partial charge on any atom is 0.351 e. The monoisotopic (exact) mass is 460 g/mol. The largest absolute Gasteiger partial charge is 0.486 e. The first-order chi connectivity index (χ1) is 13.4. The third kappa shape index (κ3) is 4.32. The zero-order valence-electron chi connectivity index (χ0n) is 14.4. The van der Waals surface area contributed by atoms with Crippen LogP contribution in [0.15, 0.2) is 65.4 Å². The second kappa shape index (κ2) is 8.41. The van der Waals surface area contributed by atoms with E-state index in [1.165, 1.54) is 6.07 Å². The lowest BCUT2D eigenvalue weighted by atomic mass is 10.0. The molecule has 1 amide bonds. The molecule has 0 spiro atoms. The van der Waals surface area contributed by atoms with Crippen molar-refractivity contribution in [1.29, 1.82) is 0 Å². The lowest BCUT2D eigenvalue weighted by Crippen LogP contribution is -2.27. The van der Waals surface area contributed by atoms with Crippen molar-refractivity contribution in [3.05, 3.63) is 81.7 Å². The zero-order valence-corrected chi connectivity index (χ0v) is 16.8. The fraction of sp³-hybridized carbons (Fsp3) is 0.0500. The van der Waals surface area contributed by atoms with Crippen molar-refractivity contribution in [2.45, 2.75) is 6.61 Å². The van der Waals surface area contributed by atoms with E-state index in [0.717, 1.165) is 4.47 Å². The summed E-state index contributed by atoms with van der Waals surface area (Å²) >= 11 is 9.64. The lowest BCUT2D eigenvalue weighted by molar-refractivity contribution is -0.132. The van der Waals surface area contributed by atoms with Crippen molar-refractivity contribution in [2.24, 2.45) is 0 Å². The van der Waals surface area contributed by atoms with Gasteiger partial charge in [0.05, 0.1) is 11.3 Å². The van der Waals surface area contributed by atoms with Gasteiger partial charge in [-0.05, 0) is 34.1 Å². The van der Waals surface area contributed by atoms with E-state index >= 15 is 0 Å². The lowest BCUT2D eigenvalue weighted by Gasteiger charge is -2.15. The average molecular weight is 462 g/mol. The number of ether oxygens (including phenoxy) is 1. The molecule has 0 unspecified atom stereocenters. The third-order valence-corrected chi connectivity index (χ3v) is 4.65. The molecule has 6 nitrogen and oxygen atoms in total. The van der Waals surface area contributed by atoms with Crippen LogP contribution >= 0.6 is 27.5 Å². The van der Waals surface area contributed by atoms with E-state index in [2.05, 4.69) is 32.8 Å². The summed E-state index contributed by atoms with van der Waals surface area (Å²) in [7, 11) is 0. The number of rotatable bonds is 6. The van der Waals surface area contributed by atoms with Crippen molar-refractivity contribution in [1.82, 2.24) is 10.3 Å². The van der Waals surface area contributed by atoms with Crippen LogP contribution in [0, 0.1) is 0 Å². The van der Waals surface area contributed by atoms with Gasteiger partial charge >= 0.3 is 5.97 Å². The molecule has 28 heavy (non-hydrogen) atoms. The molecule has 3 rings (SSSR count). The first-order valence-electron chi connectivity index (χ1n) is 8.05. The highest BCUT2D eigenvalue weighted by atomic mass is 79.9. The van der Waals surface area contributed by atoms with E-state index in [0.29, 0.717) is 21.5 Å². The number of carboxylic acids is 1. The van der Waals surface area contributed by atoms with E-state index in [1.807, 2.05) is 12.1 Å². The minimum atomic E-state index is -1.33. The van der Waals surface area contributed by atoms with E-state index in [-0.39, 0.29) is 17.9 Å². The fourth-order valence-electron chi connectivity index (χ4n) is 2.52. The van der Waals surface area contributed by atoms with Gasteiger partial charge in [0.25, 0.3) is 5.91 Å². The second-order valence-electron chi connectivity index (χ2n) is 5.77. The van der Waals surface area contributed by atoms with E-state index in [4.69, 9.17) is 21.4 Å². The number of hydrogen-bond acceptors (Lipinski definition) is 4. The predicted octanol–water partition coefficient (Wildman–Crippen LogP) is 4.56. The molecule has 0 saturated carbocycles. The SMILES string of the molecule is C=C(NC(=O)c1cc(Cl)c2ccccc2c1OCc1ccc(Br)cn1)C(=O)O. The van der Waals surface area contributed by atoms with E-state index in [1.54, 1.807) is 30.5 Å². The molecule has 0 bridgehead atoms. The number of hydrogen-bond donors (Lipinski definition) is 2. The predicted molar refractivity (Wildman–Crippen MR) is 109 cm³/mol. The number of aliphatic carboxylic acids is 1. The summed E-state index contributed by atoms with van der Waals surface area (Å²) in [6, 6.07) is 12.2. The molecule has 0 fully saturated rings. The Morgan fingerprint density at radius 3 is 2.57 bits per heavy atom. The summed E-state index contributed by atoms with van der Waals surface area (Å²) in [5.74, 6) is -1.74. The Bertz CT molecular complexity index is 1080. The van der Waals surface area contributed by atoms with Crippen LogP contribution in [-0.4, -0.2) is 22.0 Å². The Hall–Kier alpha value is -2.90. The smallest absolute Gasteiger partial charge is 0.351 e. The van der Waals surface area contributed by atoms with Crippen molar-refractivity contribution < 1.29 is 19.4 Å². The summed E-state index contributed by atoms with van der Waals surface area (Å²) in [5.41, 5.74) is 0.307. The standard InChI is InChI=1S/C20H14BrClN2O4/c1-11(20(26)27)24-19(25)16-8-17(22)14-4-2-3-5-15(14)18(16)28-10-13-7-6-12(21)9-23-13/h2-9H,1,10H2,(H,24,25)(H,26,27). The van der Waals surface area contributed by atoms with E-state index < -0.39 is 17.6 Å². The summed E-state index contributed by atoms with van der Waals surface area (Å²) in [4.78, 5) is 27.9. The Morgan fingerprint density at radius 2 is 1.93 bits per heavy atom. The van der Waals surface area contributed by atoms with Gasteiger partial charge < -0.3 is 15.2 Å². The van der Waals surface area contributed by atoms with Gasteiger partial charge in [-0.3, -0.25) is 9.78 Å². The summed E-state index contributed by atoms with van der Waals surface area (Å²) in [6.07, 6.45) is 1.64. The minimum absolute atomic E-state index is 0.100. The van der Waals surface area contributed by atoms with Gasteiger partial charge in [-0.2, -0.15) is 0 Å². The van der Waals surface area contributed by atoms with Crippen LogP contribution in [0.25, 0.3) is 10.8 Å². The van der Waals surface area contributed by atoms with Crippen molar-refractivity contribution in [2.75, 3.05) is 0 Å². The molecular formula is C20H14BrClN2O4. The van der Waals surface area contributed by atoms with Gasteiger partial charge in [0.15, 0.2) is 0 Å². The normalized spacial score (nSPS) is 10.5. The van der Waals surface area contributed by atoms with Crippen LogP contribution in [0.2, 0.25) is 5.02 Å². The number of nitrogens with one attached hydrogen (secondary N) is 1. The summed E-state index contributed by atoms with van der Waals surface area (Å²) < 4.78 is 6.75. The second-order valence-corrected chi connectivity index (χ2v) is 7.10. The molecule has 0 aliphatic rings. The molecule has 8 heteroatoms. The van der Waals surface area contributed by atoms with Crippen molar-refractivity contribution in [3.63, 3.8) is 0 Å². The number of carbonyl (C=O) groups excluding carboxylic acids is 1. The molecule has 0 saturated heterocycles. The summed E-state index contributed by atoms with van der Waals surface area (Å²) in [5, 5.41) is 12.9. The maximum absolute atomic E-state index is 12.6. The molecular weight excluding hydrogens is 448 g/mol. The number of pyridine rings is 1. The molecule has 1 aromatic heterocycles.